The van der Waals surface area contributed by atoms with Crippen LogP contribution in [0.2, 0.25) is 0 Å². The molecule has 0 radical (unpaired) electrons. The summed E-state index contributed by atoms with van der Waals surface area (Å²) in [6.45, 7) is 2.50. The molecule has 0 saturated carbocycles. The predicted molar refractivity (Wildman–Crippen MR) is 68.3 cm³/mol. The van der Waals surface area contributed by atoms with Crippen molar-refractivity contribution in [2.24, 2.45) is 0 Å². The van der Waals surface area contributed by atoms with Crippen LogP contribution >= 0.6 is 0 Å². The number of anilines is 1. The molecule has 1 aromatic rings. The Hall–Kier alpha value is -1.66. The maximum atomic E-state index is 13.6. The van der Waals surface area contributed by atoms with Crippen molar-refractivity contribution in [3.63, 3.8) is 0 Å². The summed E-state index contributed by atoms with van der Waals surface area (Å²) in [5.74, 6) is -0.789. The Balaban J connectivity index is 2.19. The van der Waals surface area contributed by atoms with Crippen molar-refractivity contribution in [2.45, 2.75) is 13.0 Å². The van der Waals surface area contributed by atoms with Gasteiger partial charge in [0.1, 0.15) is 5.82 Å². The summed E-state index contributed by atoms with van der Waals surface area (Å²) in [7, 11) is 0. The zero-order valence-corrected chi connectivity index (χ0v) is 10.7. The number of benzene rings is 1. The summed E-state index contributed by atoms with van der Waals surface area (Å²) < 4.78 is 18.9. The number of aliphatic hydroxyl groups is 1. The summed E-state index contributed by atoms with van der Waals surface area (Å²) in [5.41, 5.74) is 6.49. The summed E-state index contributed by atoms with van der Waals surface area (Å²) in [4.78, 5) is 13.8. The molecule has 3 N–H and O–H groups in total. The van der Waals surface area contributed by atoms with E-state index in [1.165, 1.54) is 17.0 Å². The highest BCUT2D eigenvalue weighted by Gasteiger charge is 2.25. The lowest BCUT2D eigenvalue weighted by Crippen LogP contribution is -2.46. The molecule has 1 aromatic carbocycles. The van der Waals surface area contributed by atoms with Crippen LogP contribution in [0.25, 0.3) is 0 Å². The number of carbonyl (C=O) groups excluding carboxylic acids is 1. The molecular weight excluding hydrogens is 251 g/mol. The van der Waals surface area contributed by atoms with Gasteiger partial charge in [0, 0.05) is 29.9 Å². The predicted octanol–water partition coefficient (Wildman–Crippen LogP) is 0.550. The van der Waals surface area contributed by atoms with Crippen molar-refractivity contribution >= 4 is 11.6 Å². The van der Waals surface area contributed by atoms with Gasteiger partial charge in [-0.25, -0.2) is 4.39 Å². The second kappa shape index (κ2) is 5.54. The summed E-state index contributed by atoms with van der Waals surface area (Å²) in [6.07, 6.45) is -0.384. The van der Waals surface area contributed by atoms with E-state index in [1.54, 1.807) is 6.92 Å². The van der Waals surface area contributed by atoms with Crippen molar-refractivity contribution in [1.29, 1.82) is 0 Å². The van der Waals surface area contributed by atoms with Crippen LogP contribution in [0.4, 0.5) is 10.1 Å². The van der Waals surface area contributed by atoms with Gasteiger partial charge in [-0.3, -0.25) is 4.79 Å². The number of nitrogens with two attached hydrogens (primary N) is 1. The lowest BCUT2D eigenvalue weighted by atomic mass is 10.1. The molecule has 6 heteroatoms. The lowest BCUT2D eigenvalue weighted by Gasteiger charge is -2.32. The molecule has 1 heterocycles. The molecule has 1 saturated heterocycles. The van der Waals surface area contributed by atoms with Gasteiger partial charge in [-0.1, -0.05) is 0 Å². The molecule has 0 spiro atoms. The van der Waals surface area contributed by atoms with Gasteiger partial charge < -0.3 is 20.5 Å². The second-order valence-corrected chi connectivity index (χ2v) is 4.60. The third kappa shape index (κ3) is 2.85. The number of nitrogens with zero attached hydrogens (tertiary/aromatic N) is 1. The fourth-order valence-corrected chi connectivity index (χ4v) is 2.02. The average molecular weight is 268 g/mol. The van der Waals surface area contributed by atoms with Crippen LogP contribution in [0.1, 0.15) is 15.9 Å². The molecule has 0 aliphatic carbocycles. The fraction of sp³-hybridized carbons (Fsp3) is 0.462. The van der Waals surface area contributed by atoms with Gasteiger partial charge in [-0.15, -0.1) is 0 Å². The van der Waals surface area contributed by atoms with E-state index in [0.29, 0.717) is 25.3 Å². The van der Waals surface area contributed by atoms with E-state index in [9.17, 15) is 9.18 Å². The van der Waals surface area contributed by atoms with Crippen LogP contribution in [-0.4, -0.2) is 48.3 Å². The highest BCUT2D eigenvalue weighted by Crippen LogP contribution is 2.19. The largest absolute Gasteiger partial charge is 0.398 e. The first-order valence-corrected chi connectivity index (χ1v) is 6.10. The topological polar surface area (TPSA) is 75.8 Å². The Kier molecular flexibility index (Phi) is 4.01. The zero-order chi connectivity index (χ0) is 14.0. The van der Waals surface area contributed by atoms with Crippen molar-refractivity contribution < 1.29 is 19.0 Å². The van der Waals surface area contributed by atoms with Crippen LogP contribution < -0.4 is 5.73 Å². The number of hydrogen-bond donors (Lipinski definition) is 2. The van der Waals surface area contributed by atoms with Crippen molar-refractivity contribution in [1.82, 2.24) is 4.90 Å². The maximum absolute atomic E-state index is 13.6. The Morgan fingerprint density at radius 3 is 3.00 bits per heavy atom. The first-order valence-electron chi connectivity index (χ1n) is 6.10. The third-order valence-corrected chi connectivity index (χ3v) is 3.26. The van der Waals surface area contributed by atoms with Crippen LogP contribution in [0.5, 0.6) is 0 Å². The fourth-order valence-electron chi connectivity index (χ4n) is 2.02. The molecule has 104 valence electrons. The number of amides is 1. The number of hydrogen-bond acceptors (Lipinski definition) is 4. The number of rotatable bonds is 2. The lowest BCUT2D eigenvalue weighted by molar-refractivity contribution is -0.0447. The number of aliphatic hydroxyl groups excluding tert-OH is 1. The molecule has 1 unspecified atom stereocenters. The molecule has 1 amide bonds. The number of halogens is 1. The molecule has 0 aromatic heterocycles. The van der Waals surface area contributed by atoms with E-state index in [4.69, 9.17) is 15.6 Å². The number of nitrogen functional groups attached to an aromatic ring is 1. The number of morpholine rings is 1. The van der Waals surface area contributed by atoms with Gasteiger partial charge in [0.15, 0.2) is 0 Å². The quantitative estimate of drug-likeness (QED) is 0.768. The molecule has 2 rings (SSSR count). The second-order valence-electron chi connectivity index (χ2n) is 4.60. The molecule has 1 aliphatic rings. The van der Waals surface area contributed by atoms with E-state index in [-0.39, 0.29) is 29.9 Å². The van der Waals surface area contributed by atoms with Crippen molar-refractivity contribution in [3.05, 3.63) is 29.1 Å². The first-order chi connectivity index (χ1) is 9.02. The van der Waals surface area contributed by atoms with Gasteiger partial charge in [-0.2, -0.15) is 0 Å². The summed E-state index contributed by atoms with van der Waals surface area (Å²) in [5, 5.41) is 9.04. The van der Waals surface area contributed by atoms with E-state index in [1.807, 2.05) is 0 Å². The van der Waals surface area contributed by atoms with Crippen LogP contribution in [0.3, 0.4) is 0 Å². The van der Waals surface area contributed by atoms with E-state index in [2.05, 4.69) is 0 Å². The molecule has 1 atom stereocenters. The number of carbonyl (C=O) groups is 1. The molecule has 0 bridgehead atoms. The summed E-state index contributed by atoms with van der Waals surface area (Å²) in [6, 6.07) is 2.67. The molecule has 19 heavy (non-hydrogen) atoms. The SMILES string of the molecule is Cc1c(N)cc(C(=O)N2CCOC(CO)C2)cc1F. The normalized spacial score (nSPS) is 19.5. The Labute approximate surface area is 110 Å². The van der Waals surface area contributed by atoms with E-state index < -0.39 is 5.82 Å². The summed E-state index contributed by atoms with van der Waals surface area (Å²) >= 11 is 0. The van der Waals surface area contributed by atoms with Gasteiger partial charge in [0.2, 0.25) is 0 Å². The monoisotopic (exact) mass is 268 g/mol. The minimum absolute atomic E-state index is 0.145. The highest BCUT2D eigenvalue weighted by molar-refractivity contribution is 5.95. The van der Waals surface area contributed by atoms with Gasteiger partial charge in [-0.05, 0) is 19.1 Å². The van der Waals surface area contributed by atoms with Crippen LogP contribution in [0.15, 0.2) is 12.1 Å². The average Bonchev–Trinajstić information content (AvgIpc) is 2.43. The molecule has 5 nitrogen and oxygen atoms in total. The Morgan fingerprint density at radius 2 is 2.37 bits per heavy atom. The third-order valence-electron chi connectivity index (χ3n) is 3.26. The van der Waals surface area contributed by atoms with Crippen molar-refractivity contribution in [3.8, 4) is 0 Å². The van der Waals surface area contributed by atoms with E-state index >= 15 is 0 Å². The minimum atomic E-state index is -0.490. The van der Waals surface area contributed by atoms with Gasteiger partial charge in [0.05, 0.1) is 19.3 Å². The maximum Gasteiger partial charge on any atom is 0.254 e. The smallest absolute Gasteiger partial charge is 0.254 e. The first kappa shape index (κ1) is 13.8. The molecule has 1 aliphatic heterocycles. The van der Waals surface area contributed by atoms with Crippen LogP contribution in [0, 0.1) is 12.7 Å². The minimum Gasteiger partial charge on any atom is -0.398 e. The van der Waals surface area contributed by atoms with Gasteiger partial charge >= 0.3 is 0 Å². The Bertz CT molecular complexity index is 470. The van der Waals surface area contributed by atoms with Crippen molar-refractivity contribution in [2.75, 3.05) is 32.0 Å². The standard InChI is InChI=1S/C13H17FN2O3/c1-8-11(14)4-9(5-12(8)15)13(18)16-2-3-19-10(6-16)7-17/h4-5,10,17H,2-3,6-7,15H2,1H3. The number of ether oxygens (including phenoxy) is 1. The molecular formula is C13H17FN2O3. The zero-order valence-electron chi connectivity index (χ0n) is 10.7. The van der Waals surface area contributed by atoms with Crippen LogP contribution in [-0.2, 0) is 4.74 Å². The molecule has 1 fully saturated rings. The van der Waals surface area contributed by atoms with E-state index in [0.717, 1.165) is 0 Å². The van der Waals surface area contributed by atoms with Gasteiger partial charge in [0.25, 0.3) is 5.91 Å². The Morgan fingerprint density at radius 1 is 1.63 bits per heavy atom. The highest BCUT2D eigenvalue weighted by atomic mass is 19.1.